The van der Waals surface area contributed by atoms with Gasteiger partial charge in [-0.1, -0.05) is 12.1 Å². The topological polar surface area (TPSA) is 78.5 Å². The Morgan fingerprint density at radius 2 is 2.06 bits per heavy atom. The van der Waals surface area contributed by atoms with Gasteiger partial charge in [-0.3, -0.25) is 0 Å². The second-order valence-electron chi connectivity index (χ2n) is 8.31. The van der Waals surface area contributed by atoms with Crippen molar-refractivity contribution in [2.75, 3.05) is 13.6 Å². The molecule has 2 aromatic carbocycles. The highest BCUT2D eigenvalue weighted by Crippen LogP contribution is 2.47. The molecule has 1 unspecified atom stereocenters. The first kappa shape index (κ1) is 20.3. The summed E-state index contributed by atoms with van der Waals surface area (Å²) < 4.78 is 19.6. The van der Waals surface area contributed by atoms with E-state index < -0.39 is 11.4 Å². The molecule has 0 aliphatic carbocycles. The number of hydrogen-bond donors (Lipinski definition) is 1. The maximum Gasteiger partial charge on any atom is 0.191 e. The molecule has 2 aromatic heterocycles. The van der Waals surface area contributed by atoms with Crippen LogP contribution in [0.25, 0.3) is 22.1 Å². The van der Waals surface area contributed by atoms with Gasteiger partial charge in [-0.2, -0.15) is 5.26 Å². The van der Waals surface area contributed by atoms with E-state index in [9.17, 15) is 9.65 Å². The molecule has 7 heteroatoms. The van der Waals surface area contributed by atoms with Crippen LogP contribution < -0.4 is 5.73 Å². The molecule has 1 aliphatic rings. The summed E-state index contributed by atoms with van der Waals surface area (Å²) in [4.78, 5) is 7.90. The number of hydrogen-bond acceptors (Lipinski definition) is 6. The number of benzene rings is 2. The predicted molar refractivity (Wildman–Crippen MR) is 125 cm³/mol. The zero-order chi connectivity index (χ0) is 22.5. The van der Waals surface area contributed by atoms with E-state index >= 15 is 0 Å². The third-order valence-corrected chi connectivity index (χ3v) is 7.37. The number of rotatable bonds is 3. The quantitative estimate of drug-likeness (QED) is 0.457. The molecular weight excluding hydrogens is 423 g/mol. The van der Waals surface area contributed by atoms with E-state index in [1.165, 1.54) is 12.1 Å². The number of halogens is 1. The number of furan rings is 1. The van der Waals surface area contributed by atoms with E-state index in [1.807, 2.05) is 35.5 Å². The van der Waals surface area contributed by atoms with Gasteiger partial charge in [0, 0.05) is 29.8 Å². The number of nitriles is 1. The molecule has 2 N–H and O–H groups in total. The van der Waals surface area contributed by atoms with Crippen LogP contribution in [0.2, 0.25) is 0 Å². The van der Waals surface area contributed by atoms with Gasteiger partial charge in [0.25, 0.3) is 0 Å². The molecule has 0 spiro atoms. The Hall–Kier alpha value is -3.63. The fraction of sp³-hybridized carbons (Fsp3) is 0.200. The standard InChI is InChI=1S/C25H21FN4OS/c1-25(23-11-19(14-32-23)18-7-15(12-27)8-20(26)9-18)21(13-30(2)24(28)29-25)17-4-3-16-5-6-31-22(16)10-17/h3-11,14,21H,13H2,1-2H3,(H2,28,29)/t21?,25-/m0/s1. The number of fused-ring (bicyclic) bond motifs is 1. The number of guanidine groups is 1. The summed E-state index contributed by atoms with van der Waals surface area (Å²) >= 11 is 1.57. The Morgan fingerprint density at radius 1 is 1.22 bits per heavy atom. The lowest BCUT2D eigenvalue weighted by Crippen LogP contribution is -2.48. The number of nitrogens with zero attached hydrogens (tertiary/aromatic N) is 3. The van der Waals surface area contributed by atoms with Crippen molar-refractivity contribution in [2.24, 2.45) is 10.7 Å². The number of aliphatic imine (C=N–C) groups is 1. The third kappa shape index (κ3) is 3.33. The summed E-state index contributed by atoms with van der Waals surface area (Å²) in [7, 11) is 1.94. The normalized spacial score (nSPS) is 20.9. The monoisotopic (exact) mass is 444 g/mol. The molecule has 0 saturated carbocycles. The van der Waals surface area contributed by atoms with Crippen molar-refractivity contribution in [3.63, 3.8) is 0 Å². The minimum absolute atomic E-state index is 0.0305. The Morgan fingerprint density at radius 3 is 2.88 bits per heavy atom. The minimum Gasteiger partial charge on any atom is -0.464 e. The molecule has 32 heavy (non-hydrogen) atoms. The number of nitrogens with two attached hydrogens (primary N) is 1. The molecule has 1 aliphatic heterocycles. The minimum atomic E-state index is -0.606. The van der Waals surface area contributed by atoms with Crippen LogP contribution in [0.5, 0.6) is 0 Å². The van der Waals surface area contributed by atoms with Crippen LogP contribution in [0.4, 0.5) is 4.39 Å². The maximum atomic E-state index is 14.0. The average Bonchev–Trinajstić information content (AvgIpc) is 3.45. The molecule has 2 atom stereocenters. The fourth-order valence-corrected chi connectivity index (χ4v) is 5.44. The Balaban J connectivity index is 1.61. The number of thiophene rings is 1. The number of likely N-dealkylation sites (N-methyl/N-ethyl adjacent to an activating group) is 1. The molecule has 5 nitrogen and oxygen atoms in total. The van der Waals surface area contributed by atoms with Gasteiger partial charge in [-0.15, -0.1) is 11.3 Å². The van der Waals surface area contributed by atoms with Crippen molar-refractivity contribution in [1.29, 1.82) is 5.26 Å². The molecule has 0 amide bonds. The zero-order valence-corrected chi connectivity index (χ0v) is 18.5. The largest absolute Gasteiger partial charge is 0.464 e. The Labute approximate surface area is 189 Å². The maximum absolute atomic E-state index is 14.0. The molecule has 4 aromatic rings. The van der Waals surface area contributed by atoms with E-state index in [2.05, 4.69) is 25.1 Å². The van der Waals surface area contributed by atoms with Crippen LogP contribution in [0, 0.1) is 17.1 Å². The molecule has 3 heterocycles. The van der Waals surface area contributed by atoms with Gasteiger partial charge in [0.2, 0.25) is 0 Å². The van der Waals surface area contributed by atoms with E-state index in [1.54, 1.807) is 23.7 Å². The summed E-state index contributed by atoms with van der Waals surface area (Å²) in [6.07, 6.45) is 1.69. The lowest BCUT2D eigenvalue weighted by molar-refractivity contribution is 0.294. The molecule has 0 bridgehead atoms. The summed E-state index contributed by atoms with van der Waals surface area (Å²) in [6, 6.07) is 16.6. The van der Waals surface area contributed by atoms with E-state index in [0.29, 0.717) is 23.6 Å². The summed E-state index contributed by atoms with van der Waals surface area (Å²) in [6.45, 7) is 2.79. The van der Waals surface area contributed by atoms with E-state index in [4.69, 9.17) is 15.1 Å². The van der Waals surface area contributed by atoms with Crippen LogP contribution in [0.3, 0.4) is 0 Å². The highest BCUT2D eigenvalue weighted by Gasteiger charge is 2.42. The second-order valence-corrected chi connectivity index (χ2v) is 9.22. The third-order valence-electron chi connectivity index (χ3n) is 6.21. The van der Waals surface area contributed by atoms with Gasteiger partial charge in [-0.25, -0.2) is 9.38 Å². The van der Waals surface area contributed by atoms with Crippen LogP contribution >= 0.6 is 11.3 Å². The van der Waals surface area contributed by atoms with Crippen molar-refractivity contribution >= 4 is 28.3 Å². The average molecular weight is 445 g/mol. The molecular formula is C25H21FN4OS. The molecule has 0 saturated heterocycles. The molecule has 0 radical (unpaired) electrons. The first-order chi connectivity index (χ1) is 15.4. The van der Waals surface area contributed by atoms with Crippen molar-refractivity contribution < 1.29 is 8.81 Å². The van der Waals surface area contributed by atoms with Crippen molar-refractivity contribution in [1.82, 2.24) is 4.90 Å². The van der Waals surface area contributed by atoms with Gasteiger partial charge >= 0.3 is 0 Å². The van der Waals surface area contributed by atoms with Crippen LogP contribution in [0.1, 0.15) is 28.8 Å². The van der Waals surface area contributed by atoms with Gasteiger partial charge < -0.3 is 15.1 Å². The van der Waals surface area contributed by atoms with Crippen LogP contribution in [-0.2, 0) is 5.54 Å². The second kappa shape index (κ2) is 7.50. The fourth-order valence-electron chi connectivity index (χ4n) is 4.37. The smallest absolute Gasteiger partial charge is 0.191 e. The Bertz CT molecular complexity index is 1400. The first-order valence-electron chi connectivity index (χ1n) is 10.2. The van der Waals surface area contributed by atoms with Gasteiger partial charge in [-0.05, 0) is 65.4 Å². The summed E-state index contributed by atoms with van der Waals surface area (Å²) in [5.74, 6) is 0.0856. The lowest BCUT2D eigenvalue weighted by Gasteiger charge is -2.41. The summed E-state index contributed by atoms with van der Waals surface area (Å²) in [5, 5.41) is 12.2. The molecule has 5 rings (SSSR count). The van der Waals surface area contributed by atoms with Crippen LogP contribution in [-0.4, -0.2) is 24.5 Å². The van der Waals surface area contributed by atoms with Crippen LogP contribution in [0.15, 0.2) is 69.6 Å². The van der Waals surface area contributed by atoms with Gasteiger partial charge in [0.1, 0.15) is 16.9 Å². The first-order valence-corrected chi connectivity index (χ1v) is 11.1. The lowest BCUT2D eigenvalue weighted by atomic mass is 9.78. The molecule has 0 fully saturated rings. The Kier molecular flexibility index (Phi) is 4.75. The van der Waals surface area contributed by atoms with Gasteiger partial charge in [0.15, 0.2) is 5.96 Å². The summed E-state index contributed by atoms with van der Waals surface area (Å²) in [5.41, 5.74) is 9.43. The van der Waals surface area contributed by atoms with Crippen molar-refractivity contribution in [3.05, 3.63) is 82.0 Å². The highest BCUT2D eigenvalue weighted by atomic mass is 32.1. The van der Waals surface area contributed by atoms with Crippen molar-refractivity contribution in [2.45, 2.75) is 18.4 Å². The SMILES string of the molecule is CN1CC(c2ccc3ccoc3c2)[C@@](C)(c2cc(-c3cc(F)cc(C#N)c3)cs2)N=C1N. The predicted octanol–water partition coefficient (Wildman–Crippen LogP) is 5.43. The van der Waals surface area contributed by atoms with Gasteiger partial charge in [0.05, 0.1) is 17.9 Å². The molecule has 160 valence electrons. The zero-order valence-electron chi connectivity index (χ0n) is 17.7. The highest BCUT2D eigenvalue weighted by molar-refractivity contribution is 7.10. The van der Waals surface area contributed by atoms with E-state index in [0.717, 1.165) is 27.0 Å². The van der Waals surface area contributed by atoms with Crippen molar-refractivity contribution in [3.8, 4) is 17.2 Å². The van der Waals surface area contributed by atoms with E-state index in [-0.39, 0.29) is 5.92 Å².